The lowest BCUT2D eigenvalue weighted by Gasteiger charge is -2.09. The molecule has 1 aliphatic heterocycles. The zero-order valence-electron chi connectivity index (χ0n) is 7.58. The summed E-state index contributed by atoms with van der Waals surface area (Å²) in [6.45, 7) is 2.77. The van der Waals surface area contributed by atoms with E-state index in [1.165, 1.54) is 0 Å². The van der Waals surface area contributed by atoms with Crippen LogP contribution in [-0.2, 0) is 0 Å². The highest BCUT2D eigenvalue weighted by molar-refractivity contribution is 5.54. The fourth-order valence-corrected chi connectivity index (χ4v) is 1.23. The average Bonchev–Trinajstić information content (AvgIpc) is 2.10. The highest BCUT2D eigenvalue weighted by Gasteiger charge is 2.03. The van der Waals surface area contributed by atoms with E-state index in [9.17, 15) is 0 Å². The Morgan fingerprint density at radius 3 is 2.92 bits per heavy atom. The van der Waals surface area contributed by atoms with Crippen LogP contribution in [0, 0.1) is 0 Å². The largest absolute Gasteiger partial charge is 0.491 e. The molecule has 1 aromatic carbocycles. The number of hydrogen-bond donors (Lipinski definition) is 1. The van der Waals surface area contributed by atoms with Gasteiger partial charge in [-0.1, -0.05) is 6.92 Å². The zero-order valence-corrected chi connectivity index (χ0v) is 7.58. The fraction of sp³-hybridized carbons (Fsp3) is 0.300. The molecule has 0 saturated heterocycles. The molecule has 0 aromatic heterocycles. The molecule has 0 aliphatic carbocycles. The van der Waals surface area contributed by atoms with E-state index in [1.807, 2.05) is 12.1 Å². The van der Waals surface area contributed by atoms with Gasteiger partial charge in [0, 0.05) is 17.5 Å². The van der Waals surface area contributed by atoms with E-state index in [4.69, 9.17) is 10.5 Å². The number of nitrogens with zero attached hydrogens (tertiary/aromatic N) is 1. The summed E-state index contributed by atoms with van der Waals surface area (Å²) in [6.07, 6.45) is 2.79. The predicted octanol–water partition coefficient (Wildman–Crippen LogP) is 0.429. The molecule has 1 heterocycles. The number of anilines is 1. The van der Waals surface area contributed by atoms with Crippen LogP contribution in [0.5, 0.6) is 5.75 Å². The second-order valence-corrected chi connectivity index (χ2v) is 3.06. The zero-order chi connectivity index (χ0) is 9.26. The standard InChI is InChI=1S/C10H12N2O/c1-2-3-13-10-5-9-7(6-12-9)4-8(10)11/h4-6H,2-3,11H2,1H3. The third-order valence-electron chi connectivity index (χ3n) is 1.96. The number of fused-ring (bicyclic) bond motifs is 1. The number of nitrogen functional groups attached to an aromatic ring is 1. The summed E-state index contributed by atoms with van der Waals surface area (Å²) in [5.41, 5.74) is 6.47. The van der Waals surface area contributed by atoms with Crippen LogP contribution in [0.15, 0.2) is 17.1 Å². The van der Waals surface area contributed by atoms with Crippen molar-refractivity contribution in [2.24, 2.45) is 4.99 Å². The van der Waals surface area contributed by atoms with Crippen molar-refractivity contribution in [3.8, 4) is 5.75 Å². The van der Waals surface area contributed by atoms with Gasteiger partial charge in [-0.25, -0.2) is 0 Å². The average molecular weight is 176 g/mol. The molecule has 3 heteroatoms. The summed E-state index contributed by atoms with van der Waals surface area (Å²) in [4.78, 5) is 4.08. The minimum absolute atomic E-state index is 0.693. The molecular weight excluding hydrogens is 164 g/mol. The maximum atomic E-state index is 5.78. The fourth-order valence-electron chi connectivity index (χ4n) is 1.23. The summed E-state index contributed by atoms with van der Waals surface area (Å²) in [5, 5.41) is 2.07. The first-order valence-electron chi connectivity index (χ1n) is 4.41. The highest BCUT2D eigenvalue weighted by atomic mass is 16.5. The van der Waals surface area contributed by atoms with E-state index in [0.717, 1.165) is 22.7 Å². The molecule has 0 amide bonds. The number of nitrogens with two attached hydrogens (primary N) is 1. The van der Waals surface area contributed by atoms with Gasteiger partial charge in [0.1, 0.15) is 5.75 Å². The normalized spacial score (nSPS) is 12.1. The summed E-state index contributed by atoms with van der Waals surface area (Å²) in [6, 6.07) is 3.79. The van der Waals surface area contributed by atoms with E-state index in [2.05, 4.69) is 11.9 Å². The minimum atomic E-state index is 0.693. The van der Waals surface area contributed by atoms with Crippen LogP contribution in [0.2, 0.25) is 0 Å². The van der Waals surface area contributed by atoms with Crippen LogP contribution < -0.4 is 21.0 Å². The lowest BCUT2D eigenvalue weighted by molar-refractivity contribution is 0.318. The Hall–Kier alpha value is -1.51. The van der Waals surface area contributed by atoms with Crippen LogP contribution in [0.4, 0.5) is 5.69 Å². The molecule has 0 unspecified atom stereocenters. The Labute approximate surface area is 76.5 Å². The lowest BCUT2D eigenvalue weighted by Crippen LogP contribution is -2.31. The third kappa shape index (κ3) is 1.37. The number of rotatable bonds is 3. The van der Waals surface area contributed by atoms with Gasteiger partial charge in [-0.15, -0.1) is 0 Å². The predicted molar refractivity (Wildman–Crippen MR) is 51.9 cm³/mol. The van der Waals surface area contributed by atoms with Gasteiger partial charge < -0.3 is 10.5 Å². The Morgan fingerprint density at radius 2 is 2.31 bits per heavy atom. The van der Waals surface area contributed by atoms with Crippen LogP contribution >= 0.6 is 0 Å². The van der Waals surface area contributed by atoms with E-state index < -0.39 is 0 Å². The van der Waals surface area contributed by atoms with Gasteiger partial charge in [0.05, 0.1) is 17.7 Å². The third-order valence-corrected chi connectivity index (χ3v) is 1.96. The van der Waals surface area contributed by atoms with Crippen LogP contribution in [0.1, 0.15) is 13.3 Å². The molecule has 2 N–H and O–H groups in total. The molecular formula is C10H12N2O. The Balaban J connectivity index is 2.32. The van der Waals surface area contributed by atoms with E-state index in [1.54, 1.807) is 6.20 Å². The molecule has 0 fully saturated rings. The number of benzene rings is 1. The van der Waals surface area contributed by atoms with E-state index >= 15 is 0 Å². The summed E-state index contributed by atoms with van der Waals surface area (Å²) >= 11 is 0. The van der Waals surface area contributed by atoms with Gasteiger partial charge in [0.2, 0.25) is 0 Å². The maximum Gasteiger partial charge on any atom is 0.144 e. The molecule has 68 valence electrons. The van der Waals surface area contributed by atoms with Gasteiger partial charge in [-0.05, 0) is 12.5 Å². The Morgan fingerprint density at radius 1 is 1.46 bits per heavy atom. The van der Waals surface area contributed by atoms with Crippen molar-refractivity contribution in [1.82, 2.24) is 0 Å². The molecule has 1 aliphatic rings. The summed E-state index contributed by atoms with van der Waals surface area (Å²) in [7, 11) is 0. The summed E-state index contributed by atoms with van der Waals surface area (Å²) < 4.78 is 5.46. The maximum absolute atomic E-state index is 5.78. The van der Waals surface area contributed by atoms with Gasteiger partial charge in [-0.2, -0.15) is 0 Å². The minimum Gasteiger partial charge on any atom is -0.491 e. The monoisotopic (exact) mass is 176 g/mol. The van der Waals surface area contributed by atoms with Crippen LogP contribution in [0.25, 0.3) is 6.20 Å². The number of hydrogen-bond acceptors (Lipinski definition) is 3. The topological polar surface area (TPSA) is 47.6 Å². The smallest absolute Gasteiger partial charge is 0.144 e. The Bertz CT molecular complexity index is 437. The van der Waals surface area contributed by atoms with Crippen molar-refractivity contribution >= 4 is 11.9 Å². The molecule has 13 heavy (non-hydrogen) atoms. The lowest BCUT2D eigenvalue weighted by atomic mass is 10.2. The molecule has 3 nitrogen and oxygen atoms in total. The summed E-state index contributed by atoms with van der Waals surface area (Å²) in [5.74, 6) is 0.748. The molecule has 1 aromatic rings. The first-order chi connectivity index (χ1) is 6.31. The van der Waals surface area contributed by atoms with Crippen molar-refractivity contribution in [2.75, 3.05) is 12.3 Å². The molecule has 0 radical (unpaired) electrons. The number of ether oxygens (including phenoxy) is 1. The van der Waals surface area contributed by atoms with E-state index in [-0.39, 0.29) is 0 Å². The van der Waals surface area contributed by atoms with Crippen molar-refractivity contribution in [2.45, 2.75) is 13.3 Å². The van der Waals surface area contributed by atoms with Crippen molar-refractivity contribution < 1.29 is 4.74 Å². The molecule has 2 rings (SSSR count). The second-order valence-electron chi connectivity index (χ2n) is 3.06. The first kappa shape index (κ1) is 8.10. The van der Waals surface area contributed by atoms with Crippen LogP contribution in [0.3, 0.4) is 0 Å². The van der Waals surface area contributed by atoms with Crippen molar-refractivity contribution in [3.05, 3.63) is 22.7 Å². The van der Waals surface area contributed by atoms with Gasteiger partial charge in [0.15, 0.2) is 0 Å². The first-order valence-corrected chi connectivity index (χ1v) is 4.41. The second kappa shape index (κ2) is 3.09. The van der Waals surface area contributed by atoms with E-state index in [0.29, 0.717) is 12.3 Å². The van der Waals surface area contributed by atoms with Crippen molar-refractivity contribution in [1.29, 1.82) is 0 Å². The van der Waals surface area contributed by atoms with Crippen molar-refractivity contribution in [3.63, 3.8) is 0 Å². The van der Waals surface area contributed by atoms with Gasteiger partial charge >= 0.3 is 0 Å². The SMILES string of the molecule is CCCOc1cc2c(cc1N)=CN=2. The molecule has 0 bridgehead atoms. The highest BCUT2D eigenvalue weighted by Crippen LogP contribution is 2.16. The quantitative estimate of drug-likeness (QED) is 0.679. The van der Waals surface area contributed by atoms with Gasteiger partial charge in [0.25, 0.3) is 0 Å². The molecule has 0 saturated carbocycles. The molecule has 0 spiro atoms. The molecule has 0 atom stereocenters. The van der Waals surface area contributed by atoms with Crippen LogP contribution in [-0.4, -0.2) is 6.61 Å². The van der Waals surface area contributed by atoms with Gasteiger partial charge in [-0.3, -0.25) is 4.99 Å². The Kier molecular flexibility index (Phi) is 1.93.